The molecule has 0 fully saturated rings. The monoisotopic (exact) mass is 812 g/mol. The smallest absolute Gasteiger partial charge is 0.326 e. The maximum atomic E-state index is 12.5. The van der Waals surface area contributed by atoms with Crippen molar-refractivity contribution in [2.24, 2.45) is 5.73 Å². The molecule has 57 heavy (non-hydrogen) atoms. The lowest BCUT2D eigenvalue weighted by atomic mass is 10.0. The molecule has 18 heteroatoms. The van der Waals surface area contributed by atoms with Crippen molar-refractivity contribution in [3.63, 3.8) is 0 Å². The van der Waals surface area contributed by atoms with Crippen molar-refractivity contribution < 1.29 is 63.6 Å². The Morgan fingerprint density at radius 1 is 0.421 bits per heavy atom. The van der Waals surface area contributed by atoms with Crippen LogP contribution in [0.3, 0.4) is 0 Å². The fraction of sp³-hybridized carbons (Fsp3) is 0.769. The number of carboxylic acid groups (broad SMARTS) is 4. The second-order valence-electron chi connectivity index (χ2n) is 14.4. The van der Waals surface area contributed by atoms with E-state index in [-0.39, 0.29) is 38.6 Å². The van der Waals surface area contributed by atoms with E-state index in [1.165, 1.54) is 25.7 Å². The van der Waals surface area contributed by atoms with Crippen LogP contribution < -0.4 is 27.0 Å². The van der Waals surface area contributed by atoms with E-state index in [9.17, 15) is 58.5 Å². The molecule has 0 aliphatic carbocycles. The van der Waals surface area contributed by atoms with Crippen LogP contribution in [0.25, 0.3) is 0 Å². The lowest BCUT2D eigenvalue weighted by molar-refractivity contribution is -0.144. The summed E-state index contributed by atoms with van der Waals surface area (Å²) in [4.78, 5) is 105. The van der Waals surface area contributed by atoms with Gasteiger partial charge in [0, 0.05) is 38.6 Å². The molecule has 0 aromatic rings. The van der Waals surface area contributed by atoms with E-state index in [1.54, 1.807) is 6.29 Å². The molecule has 0 saturated carbocycles. The van der Waals surface area contributed by atoms with Crippen molar-refractivity contribution in [1.82, 2.24) is 21.3 Å². The number of unbranched alkanes of at least 4 members (excludes halogenated alkanes) is 14. The van der Waals surface area contributed by atoms with Crippen LogP contribution in [-0.4, -0.2) is 105 Å². The zero-order valence-corrected chi connectivity index (χ0v) is 33.2. The first kappa shape index (κ1) is 52.4. The molecule has 0 heterocycles. The highest BCUT2D eigenvalue weighted by Gasteiger charge is 2.26. The molecule has 0 aromatic carbocycles. The fourth-order valence-corrected chi connectivity index (χ4v) is 5.95. The first-order valence-electron chi connectivity index (χ1n) is 20.3. The summed E-state index contributed by atoms with van der Waals surface area (Å²) < 4.78 is 0. The normalized spacial score (nSPS) is 13.0. The molecule has 0 spiro atoms. The Balaban J connectivity index is 4.34. The number of nitrogens with two attached hydrogens (primary N) is 1. The molecule has 10 N–H and O–H groups in total. The Kier molecular flexibility index (Phi) is 30.8. The third-order valence-corrected chi connectivity index (χ3v) is 9.34. The third-order valence-electron chi connectivity index (χ3n) is 9.34. The molecule has 4 amide bonds. The second kappa shape index (κ2) is 33.5. The zero-order chi connectivity index (χ0) is 42.8. The molecule has 1 radical (unpaired) electrons. The molecule has 1 unspecified atom stereocenters. The molecule has 0 saturated heterocycles. The van der Waals surface area contributed by atoms with Gasteiger partial charge in [-0.3, -0.25) is 28.8 Å². The van der Waals surface area contributed by atoms with Crippen LogP contribution in [0, 0.1) is 0 Å². The molecule has 325 valence electrons. The molecule has 0 rings (SSSR count). The van der Waals surface area contributed by atoms with E-state index in [0.29, 0.717) is 25.7 Å². The van der Waals surface area contributed by atoms with Crippen molar-refractivity contribution in [2.75, 3.05) is 6.54 Å². The zero-order valence-electron chi connectivity index (χ0n) is 33.2. The van der Waals surface area contributed by atoms with E-state index in [0.717, 1.165) is 57.8 Å². The first-order valence-corrected chi connectivity index (χ1v) is 20.3. The van der Waals surface area contributed by atoms with Crippen LogP contribution in [0.5, 0.6) is 0 Å². The summed E-state index contributed by atoms with van der Waals surface area (Å²) in [6, 6.07) is -5.02. The number of nitrogens with one attached hydrogen (secondary N) is 4. The fourth-order valence-electron chi connectivity index (χ4n) is 5.95. The van der Waals surface area contributed by atoms with Crippen LogP contribution >= 0.6 is 0 Å². The minimum Gasteiger partial charge on any atom is -0.481 e. The van der Waals surface area contributed by atoms with Crippen molar-refractivity contribution in [2.45, 2.75) is 185 Å². The van der Waals surface area contributed by atoms with Crippen LogP contribution in [0.1, 0.15) is 161 Å². The summed E-state index contributed by atoms with van der Waals surface area (Å²) >= 11 is 0. The average molecular weight is 813 g/mol. The molecule has 18 nitrogen and oxygen atoms in total. The summed E-state index contributed by atoms with van der Waals surface area (Å²) in [5.74, 6) is -7.49. The molecule has 4 atom stereocenters. The van der Waals surface area contributed by atoms with E-state index in [1.807, 2.05) is 0 Å². The van der Waals surface area contributed by atoms with Crippen LogP contribution in [-0.2, 0) is 43.2 Å². The quantitative estimate of drug-likeness (QED) is 0.0405. The van der Waals surface area contributed by atoms with Gasteiger partial charge in [0.15, 0.2) is 0 Å². The number of carbonyl (C=O) groups is 8. The highest BCUT2D eigenvalue weighted by Crippen LogP contribution is 2.14. The molecule has 0 aliphatic rings. The maximum Gasteiger partial charge on any atom is 0.326 e. The van der Waals surface area contributed by atoms with Crippen LogP contribution in [0.4, 0.5) is 0 Å². The predicted octanol–water partition coefficient (Wildman–Crippen LogP) is 3.08. The number of hydrogen-bond acceptors (Lipinski definition) is 10. The first-order chi connectivity index (χ1) is 27.2. The Morgan fingerprint density at radius 3 is 1.11 bits per heavy atom. The molecule has 0 bridgehead atoms. The number of hydrogen-bond donors (Lipinski definition) is 9. The van der Waals surface area contributed by atoms with Gasteiger partial charge in [-0.05, 0) is 51.4 Å². The molecule has 0 aromatic heterocycles. The minimum atomic E-state index is -1.53. The molecular formula is C39H66N5O13. The molecule has 0 aliphatic heterocycles. The number of aliphatic carboxylic acids is 4. The van der Waals surface area contributed by atoms with Crippen molar-refractivity contribution in [3.05, 3.63) is 0 Å². The van der Waals surface area contributed by atoms with Gasteiger partial charge in [0.1, 0.15) is 18.1 Å². The third kappa shape index (κ3) is 31.2. The van der Waals surface area contributed by atoms with Gasteiger partial charge in [-0.2, -0.15) is 0 Å². The number of carbonyl (C=O) groups excluding carboxylic acids is 5. The van der Waals surface area contributed by atoms with E-state index in [2.05, 4.69) is 21.3 Å². The van der Waals surface area contributed by atoms with Gasteiger partial charge in [0.2, 0.25) is 29.9 Å². The number of amides is 4. The number of rotatable bonds is 38. The van der Waals surface area contributed by atoms with E-state index < -0.39 is 90.9 Å². The molecular weight excluding hydrogens is 746 g/mol. The van der Waals surface area contributed by atoms with Gasteiger partial charge < -0.3 is 47.4 Å². The standard InChI is InChI=1S/C39H66N5O13/c40-28(27-45)17-15-16-26-41-32(46)23-20-29(37(52)53)43-34(48)25-22-31(39(56)57)44-35(49)24-21-30(38(54)55)42-33(47)18-13-11-9-7-5-3-1-2-4-6-8-10-12-14-19-36(50)51/h28-31H,1-26,40H2,(H,41,46)(H,42,47)(H,43,48)(H,44,49)(H,50,51)(H,52,53)(H,54,55)(H,56,57)/t28-,29-,30-,31?/m0/s1. The Bertz CT molecular complexity index is 1250. The van der Waals surface area contributed by atoms with Gasteiger partial charge >= 0.3 is 23.9 Å². The number of carboxylic acids is 4. The lowest BCUT2D eigenvalue weighted by Gasteiger charge is -2.18. The Labute approximate surface area is 335 Å². The van der Waals surface area contributed by atoms with Gasteiger partial charge in [-0.1, -0.05) is 77.0 Å². The lowest BCUT2D eigenvalue weighted by Crippen LogP contribution is -2.45. The SMILES string of the molecule is N[C@H]([C]=O)CCCCNC(=O)CC[C@H](NC(=O)CCC(NC(=O)CC[C@H](NC(=O)CCCCCCCCCCCCCCCCC(=O)O)C(=O)O)C(=O)O)C(=O)O. The highest BCUT2D eigenvalue weighted by atomic mass is 16.4. The van der Waals surface area contributed by atoms with Gasteiger partial charge in [-0.25, -0.2) is 14.4 Å². The van der Waals surface area contributed by atoms with Crippen molar-refractivity contribution in [3.8, 4) is 0 Å². The van der Waals surface area contributed by atoms with Crippen molar-refractivity contribution in [1.29, 1.82) is 0 Å². The van der Waals surface area contributed by atoms with Gasteiger partial charge in [0.25, 0.3) is 0 Å². The van der Waals surface area contributed by atoms with Crippen LogP contribution in [0.15, 0.2) is 0 Å². The topological polar surface area (TPSA) is 309 Å². The van der Waals surface area contributed by atoms with Gasteiger partial charge in [0.05, 0.1) is 6.04 Å². The summed E-state index contributed by atoms with van der Waals surface area (Å²) in [5.41, 5.74) is 5.44. The maximum absolute atomic E-state index is 12.5. The minimum absolute atomic E-state index is 0.130. The Hall–Kier alpha value is -4.61. The second-order valence-corrected chi connectivity index (χ2v) is 14.4. The average Bonchev–Trinajstić information content (AvgIpc) is 3.15. The predicted molar refractivity (Wildman–Crippen MR) is 208 cm³/mol. The van der Waals surface area contributed by atoms with Gasteiger partial charge in [-0.15, -0.1) is 0 Å². The van der Waals surface area contributed by atoms with Crippen LogP contribution in [0.2, 0.25) is 0 Å². The van der Waals surface area contributed by atoms with Crippen molar-refractivity contribution >= 4 is 53.8 Å². The van der Waals surface area contributed by atoms with E-state index >= 15 is 0 Å². The largest absolute Gasteiger partial charge is 0.481 e. The Morgan fingerprint density at radius 2 is 0.754 bits per heavy atom. The summed E-state index contributed by atoms with van der Waals surface area (Å²) in [5, 5.41) is 46.7. The summed E-state index contributed by atoms with van der Waals surface area (Å²) in [6.07, 6.45) is 15.9. The summed E-state index contributed by atoms with van der Waals surface area (Å²) in [6.45, 7) is 0.286. The van der Waals surface area contributed by atoms with E-state index in [4.69, 9.17) is 10.8 Å². The summed E-state index contributed by atoms with van der Waals surface area (Å²) in [7, 11) is 0. The highest BCUT2D eigenvalue weighted by molar-refractivity contribution is 5.87.